The second kappa shape index (κ2) is 12.9. The van der Waals surface area contributed by atoms with Gasteiger partial charge >= 0.3 is 12.1 Å². The highest BCUT2D eigenvalue weighted by molar-refractivity contribution is 7.80. The molecule has 10 heteroatoms. The van der Waals surface area contributed by atoms with Crippen LogP contribution in [0.2, 0.25) is 0 Å². The SMILES string of the molecule is CCN1CC(=S)N(CC(C)(C)CCC(O)CCC(O)CCC(C)(C)CN2C(=O)N(CC)CC2=S)C1=O. The van der Waals surface area contributed by atoms with Gasteiger partial charge in [-0.2, -0.15) is 0 Å². The van der Waals surface area contributed by atoms with E-state index in [0.29, 0.717) is 74.9 Å². The summed E-state index contributed by atoms with van der Waals surface area (Å²) in [5, 5.41) is 21.1. The predicted octanol–water partition coefficient (Wildman–Crippen LogP) is 4.27. The molecule has 2 unspecified atom stereocenters. The van der Waals surface area contributed by atoms with Crippen LogP contribution >= 0.6 is 24.4 Å². The lowest BCUT2D eigenvalue weighted by Gasteiger charge is -2.31. The van der Waals surface area contributed by atoms with Crippen LogP contribution < -0.4 is 0 Å². The first kappa shape index (κ1) is 30.9. The fraction of sp³-hybridized carbons (Fsp3) is 0.846. The number of amides is 4. The number of aliphatic hydroxyl groups excluding tert-OH is 2. The molecular formula is C26H46N4O4S2. The molecule has 4 amide bonds. The third kappa shape index (κ3) is 8.60. The zero-order valence-electron chi connectivity index (χ0n) is 23.0. The molecule has 0 saturated carbocycles. The van der Waals surface area contributed by atoms with Gasteiger partial charge in [-0.3, -0.25) is 9.80 Å². The molecule has 0 aromatic carbocycles. The zero-order chi connectivity index (χ0) is 27.3. The standard InChI is InChI=1S/C26H46N4O4S2/c1-7-27-15-21(35)29(23(27)33)17-25(3,4)13-11-19(31)9-10-20(32)12-14-26(5,6)18-30-22(36)16-28(8-2)24(30)34/h19-20,31-32H,7-18H2,1-6H3. The van der Waals surface area contributed by atoms with Gasteiger partial charge in [0.05, 0.1) is 25.3 Å². The van der Waals surface area contributed by atoms with E-state index >= 15 is 0 Å². The first-order valence-electron chi connectivity index (χ1n) is 13.2. The molecule has 2 heterocycles. The molecule has 0 aliphatic carbocycles. The molecule has 0 aromatic heterocycles. The summed E-state index contributed by atoms with van der Waals surface area (Å²) in [6, 6.07) is -0.0541. The number of thiocarbonyl (C=S) groups is 2. The molecule has 0 bridgehead atoms. The number of hydrogen-bond acceptors (Lipinski definition) is 6. The Bertz CT molecular complexity index is 754. The molecule has 0 spiro atoms. The number of aliphatic hydroxyl groups is 2. The molecule has 2 rings (SSSR count). The van der Waals surface area contributed by atoms with E-state index in [1.54, 1.807) is 19.6 Å². The van der Waals surface area contributed by atoms with Crippen molar-refractivity contribution < 1.29 is 19.8 Å². The van der Waals surface area contributed by atoms with Crippen molar-refractivity contribution in [1.29, 1.82) is 0 Å². The Hall–Kier alpha value is -1.36. The number of hydrogen-bond donors (Lipinski definition) is 2. The molecule has 2 aliphatic rings. The summed E-state index contributed by atoms with van der Waals surface area (Å²) in [7, 11) is 0. The van der Waals surface area contributed by atoms with Gasteiger partial charge in [0.2, 0.25) is 0 Å². The van der Waals surface area contributed by atoms with Gasteiger partial charge < -0.3 is 20.0 Å². The normalized spacial score (nSPS) is 19.2. The van der Waals surface area contributed by atoms with Crippen LogP contribution in [0.25, 0.3) is 0 Å². The van der Waals surface area contributed by atoms with Crippen LogP contribution in [0.4, 0.5) is 9.59 Å². The van der Waals surface area contributed by atoms with Crippen molar-refractivity contribution >= 4 is 46.5 Å². The maximum Gasteiger partial charge on any atom is 0.325 e. The summed E-state index contributed by atoms with van der Waals surface area (Å²) in [6.07, 6.45) is 2.80. The van der Waals surface area contributed by atoms with Gasteiger partial charge in [-0.05, 0) is 63.2 Å². The monoisotopic (exact) mass is 542 g/mol. The smallest absolute Gasteiger partial charge is 0.325 e. The van der Waals surface area contributed by atoms with Crippen LogP contribution in [0.5, 0.6) is 0 Å². The Morgan fingerprint density at radius 1 is 0.722 bits per heavy atom. The van der Waals surface area contributed by atoms with Crippen LogP contribution in [0.15, 0.2) is 0 Å². The molecular weight excluding hydrogens is 496 g/mol. The zero-order valence-corrected chi connectivity index (χ0v) is 24.6. The van der Waals surface area contributed by atoms with Gasteiger partial charge in [-0.25, -0.2) is 9.59 Å². The number of nitrogens with zero attached hydrogens (tertiary/aromatic N) is 4. The summed E-state index contributed by atoms with van der Waals surface area (Å²) < 4.78 is 0. The van der Waals surface area contributed by atoms with Gasteiger partial charge in [0.25, 0.3) is 0 Å². The largest absolute Gasteiger partial charge is 0.393 e. The summed E-state index contributed by atoms with van der Waals surface area (Å²) in [6.45, 7) is 15.7. The van der Waals surface area contributed by atoms with Gasteiger partial charge in [0.1, 0.15) is 9.98 Å². The highest BCUT2D eigenvalue weighted by atomic mass is 32.1. The average molecular weight is 543 g/mol. The molecule has 0 radical (unpaired) electrons. The Morgan fingerprint density at radius 3 is 1.33 bits per heavy atom. The number of urea groups is 2. The van der Waals surface area contributed by atoms with Gasteiger partial charge in [-0.1, -0.05) is 52.1 Å². The molecule has 2 aliphatic heterocycles. The molecule has 2 N–H and O–H groups in total. The lowest BCUT2D eigenvalue weighted by molar-refractivity contribution is 0.0850. The van der Waals surface area contributed by atoms with E-state index in [2.05, 4.69) is 27.7 Å². The Morgan fingerprint density at radius 2 is 1.06 bits per heavy atom. The first-order valence-corrected chi connectivity index (χ1v) is 14.1. The number of carbonyl (C=O) groups is 2. The van der Waals surface area contributed by atoms with Gasteiger partial charge in [-0.15, -0.1) is 0 Å². The van der Waals surface area contributed by atoms with E-state index < -0.39 is 12.2 Å². The summed E-state index contributed by atoms with van der Waals surface area (Å²) >= 11 is 10.8. The highest BCUT2D eigenvalue weighted by Crippen LogP contribution is 2.30. The van der Waals surface area contributed by atoms with Crippen LogP contribution in [-0.2, 0) is 0 Å². The van der Waals surface area contributed by atoms with Gasteiger partial charge in [0, 0.05) is 26.2 Å². The van der Waals surface area contributed by atoms with Crippen molar-refractivity contribution in [3.63, 3.8) is 0 Å². The second-order valence-electron chi connectivity index (χ2n) is 11.8. The van der Waals surface area contributed by atoms with E-state index in [1.165, 1.54) is 0 Å². The molecule has 206 valence electrons. The Balaban J connectivity index is 1.71. The maximum absolute atomic E-state index is 12.5. The van der Waals surface area contributed by atoms with Crippen molar-refractivity contribution in [2.75, 3.05) is 39.3 Å². The van der Waals surface area contributed by atoms with Crippen LogP contribution in [-0.4, -0.2) is 103 Å². The molecule has 2 atom stereocenters. The second-order valence-corrected chi connectivity index (χ2v) is 12.8. The van der Waals surface area contributed by atoms with E-state index in [4.69, 9.17) is 24.4 Å². The van der Waals surface area contributed by atoms with E-state index in [0.717, 1.165) is 12.8 Å². The minimum absolute atomic E-state index is 0.0271. The van der Waals surface area contributed by atoms with Crippen molar-refractivity contribution in [3.05, 3.63) is 0 Å². The van der Waals surface area contributed by atoms with Crippen LogP contribution in [0, 0.1) is 10.8 Å². The number of likely N-dealkylation sites (N-methyl/N-ethyl adjacent to an activating group) is 2. The molecule has 2 saturated heterocycles. The fourth-order valence-corrected chi connectivity index (χ4v) is 5.39. The molecule has 8 nitrogen and oxygen atoms in total. The topological polar surface area (TPSA) is 87.6 Å². The van der Waals surface area contributed by atoms with Crippen molar-refractivity contribution in [3.8, 4) is 0 Å². The summed E-state index contributed by atoms with van der Waals surface area (Å²) in [5.74, 6) is 0. The lowest BCUT2D eigenvalue weighted by atomic mass is 9.84. The van der Waals surface area contributed by atoms with Crippen molar-refractivity contribution in [2.45, 2.75) is 92.3 Å². The van der Waals surface area contributed by atoms with Crippen LogP contribution in [0.1, 0.15) is 80.1 Å². The summed E-state index contributed by atoms with van der Waals surface area (Å²) in [5.41, 5.74) is -0.345. The third-order valence-corrected chi connectivity index (χ3v) is 8.03. The Kier molecular flexibility index (Phi) is 11.1. The Labute approximate surface area is 228 Å². The third-order valence-electron chi connectivity index (χ3n) is 7.33. The first-order chi connectivity index (χ1) is 16.7. The lowest BCUT2D eigenvalue weighted by Crippen LogP contribution is -2.39. The minimum Gasteiger partial charge on any atom is -0.393 e. The van der Waals surface area contributed by atoms with Crippen molar-refractivity contribution in [1.82, 2.24) is 19.6 Å². The quantitative estimate of drug-likeness (QED) is 0.301. The number of rotatable bonds is 15. The molecule has 36 heavy (non-hydrogen) atoms. The van der Waals surface area contributed by atoms with Crippen molar-refractivity contribution in [2.24, 2.45) is 10.8 Å². The number of carbonyl (C=O) groups excluding carboxylic acids is 2. The van der Waals surface area contributed by atoms with E-state index in [9.17, 15) is 19.8 Å². The minimum atomic E-state index is -0.500. The predicted molar refractivity (Wildman–Crippen MR) is 151 cm³/mol. The maximum atomic E-state index is 12.5. The average Bonchev–Trinajstić information content (AvgIpc) is 3.23. The van der Waals surface area contributed by atoms with E-state index in [-0.39, 0.29) is 22.9 Å². The molecule has 0 aromatic rings. The molecule has 2 fully saturated rings. The fourth-order valence-electron chi connectivity index (χ4n) is 4.80. The van der Waals surface area contributed by atoms with Crippen LogP contribution in [0.3, 0.4) is 0 Å². The summed E-state index contributed by atoms with van der Waals surface area (Å²) in [4.78, 5) is 33.2. The van der Waals surface area contributed by atoms with E-state index in [1.807, 2.05) is 13.8 Å². The van der Waals surface area contributed by atoms with Gasteiger partial charge in [0.15, 0.2) is 0 Å². The highest BCUT2D eigenvalue weighted by Gasteiger charge is 2.37.